The maximum absolute atomic E-state index is 12.6. The van der Waals surface area contributed by atoms with E-state index in [1.54, 1.807) is 26.4 Å². The average molecular weight is 368 g/mol. The van der Waals surface area contributed by atoms with Gasteiger partial charge in [0.1, 0.15) is 11.3 Å². The van der Waals surface area contributed by atoms with Gasteiger partial charge in [-0.25, -0.2) is 0 Å². The van der Waals surface area contributed by atoms with Crippen molar-refractivity contribution in [2.75, 3.05) is 14.2 Å². The fourth-order valence-electron chi connectivity index (χ4n) is 2.88. The number of carbonyl (C=O) groups is 1. The second kappa shape index (κ2) is 6.34. The SMILES string of the molecule is COc1cccc2cc(C(=O)N=c3sc4cccc(OC)c4n3C)oc12. The summed E-state index contributed by atoms with van der Waals surface area (Å²) in [5.41, 5.74) is 1.44. The van der Waals surface area contributed by atoms with Crippen LogP contribution in [0.3, 0.4) is 0 Å². The lowest BCUT2D eigenvalue weighted by molar-refractivity contribution is 0.0973. The molecule has 2 heterocycles. The number of methoxy groups -OCH3 is 2. The van der Waals surface area contributed by atoms with Crippen molar-refractivity contribution in [3.8, 4) is 11.5 Å². The standard InChI is InChI=1S/C19H16N2O4S/c1-21-16-12(23-2)7-5-9-15(16)26-19(21)20-18(22)14-10-11-6-4-8-13(24-3)17(11)25-14/h4-10H,1-3H3. The fraction of sp³-hybridized carbons (Fsp3) is 0.158. The van der Waals surface area contributed by atoms with Gasteiger partial charge in [0.15, 0.2) is 21.9 Å². The van der Waals surface area contributed by atoms with Gasteiger partial charge in [-0.2, -0.15) is 4.99 Å². The Hall–Kier alpha value is -3.06. The van der Waals surface area contributed by atoms with Crippen molar-refractivity contribution in [1.82, 2.24) is 4.57 Å². The molecule has 0 atom stereocenters. The van der Waals surface area contributed by atoms with Crippen LogP contribution in [0.15, 0.2) is 51.9 Å². The van der Waals surface area contributed by atoms with Gasteiger partial charge in [0, 0.05) is 12.4 Å². The van der Waals surface area contributed by atoms with E-state index in [1.165, 1.54) is 11.3 Å². The highest BCUT2D eigenvalue weighted by atomic mass is 32.1. The number of rotatable bonds is 3. The first kappa shape index (κ1) is 16.4. The number of hydrogen-bond donors (Lipinski definition) is 0. The Morgan fingerprint density at radius 3 is 2.62 bits per heavy atom. The quantitative estimate of drug-likeness (QED) is 0.552. The topological polar surface area (TPSA) is 66.0 Å². The van der Waals surface area contributed by atoms with Crippen molar-refractivity contribution >= 4 is 38.4 Å². The third kappa shape index (κ3) is 2.57. The molecule has 0 saturated carbocycles. The smallest absolute Gasteiger partial charge is 0.315 e. The van der Waals surface area contributed by atoms with E-state index in [1.807, 2.05) is 41.9 Å². The zero-order chi connectivity index (χ0) is 18.3. The number of ether oxygens (including phenoxy) is 2. The zero-order valence-electron chi connectivity index (χ0n) is 14.5. The van der Waals surface area contributed by atoms with Gasteiger partial charge in [0.25, 0.3) is 0 Å². The Bertz CT molecular complexity index is 1200. The molecular weight excluding hydrogens is 352 g/mol. The molecule has 26 heavy (non-hydrogen) atoms. The van der Waals surface area contributed by atoms with Gasteiger partial charge in [0.2, 0.25) is 0 Å². The number of aryl methyl sites for hydroxylation is 1. The predicted molar refractivity (Wildman–Crippen MR) is 100 cm³/mol. The van der Waals surface area contributed by atoms with E-state index in [0.717, 1.165) is 21.4 Å². The van der Waals surface area contributed by atoms with Gasteiger partial charge in [-0.3, -0.25) is 4.79 Å². The van der Waals surface area contributed by atoms with E-state index in [9.17, 15) is 4.79 Å². The number of amides is 1. The predicted octanol–water partition coefficient (Wildman–Crippen LogP) is 3.74. The minimum atomic E-state index is -0.440. The molecule has 2 aromatic heterocycles. The first-order valence-electron chi connectivity index (χ1n) is 7.90. The van der Waals surface area contributed by atoms with Gasteiger partial charge in [0.05, 0.1) is 18.9 Å². The number of benzene rings is 2. The average Bonchev–Trinajstić information content (AvgIpc) is 3.23. The molecule has 4 aromatic rings. The number of furan rings is 1. The summed E-state index contributed by atoms with van der Waals surface area (Å²) in [5, 5.41) is 0.797. The molecule has 0 N–H and O–H groups in total. The van der Waals surface area contributed by atoms with Crippen molar-refractivity contribution < 1.29 is 18.7 Å². The van der Waals surface area contributed by atoms with E-state index in [0.29, 0.717) is 16.1 Å². The highest BCUT2D eigenvalue weighted by Crippen LogP contribution is 2.29. The van der Waals surface area contributed by atoms with Crippen molar-refractivity contribution in [2.24, 2.45) is 12.0 Å². The molecule has 0 aliphatic carbocycles. The first-order valence-corrected chi connectivity index (χ1v) is 8.72. The van der Waals surface area contributed by atoms with E-state index >= 15 is 0 Å². The number of hydrogen-bond acceptors (Lipinski definition) is 5. The van der Waals surface area contributed by atoms with Gasteiger partial charge >= 0.3 is 5.91 Å². The van der Waals surface area contributed by atoms with Gasteiger partial charge < -0.3 is 18.5 Å². The summed E-state index contributed by atoms with van der Waals surface area (Å²) < 4.78 is 19.2. The molecule has 0 aliphatic rings. The van der Waals surface area contributed by atoms with E-state index in [-0.39, 0.29) is 5.76 Å². The van der Waals surface area contributed by atoms with Crippen LogP contribution in [0, 0.1) is 0 Å². The van der Waals surface area contributed by atoms with Crippen LogP contribution < -0.4 is 14.3 Å². The van der Waals surface area contributed by atoms with E-state index in [4.69, 9.17) is 13.9 Å². The maximum atomic E-state index is 12.6. The van der Waals surface area contributed by atoms with Crippen molar-refractivity contribution in [3.63, 3.8) is 0 Å². The molecule has 0 unspecified atom stereocenters. The molecule has 0 fully saturated rings. The van der Waals surface area contributed by atoms with Gasteiger partial charge in [-0.1, -0.05) is 29.5 Å². The molecule has 6 nitrogen and oxygen atoms in total. The molecule has 0 bridgehead atoms. The Morgan fingerprint density at radius 2 is 1.85 bits per heavy atom. The summed E-state index contributed by atoms with van der Waals surface area (Å²) in [4.78, 5) is 17.4. The number of nitrogens with zero attached hydrogens (tertiary/aromatic N) is 2. The van der Waals surface area contributed by atoms with Crippen LogP contribution >= 0.6 is 11.3 Å². The molecule has 0 saturated heterocycles. The number of para-hydroxylation sites is 2. The third-order valence-corrected chi connectivity index (χ3v) is 5.24. The molecule has 7 heteroatoms. The Kier molecular flexibility index (Phi) is 4.00. The summed E-state index contributed by atoms with van der Waals surface area (Å²) in [7, 11) is 5.04. The number of thiazole rings is 1. The largest absolute Gasteiger partial charge is 0.495 e. The van der Waals surface area contributed by atoms with Crippen molar-refractivity contribution in [2.45, 2.75) is 0 Å². The van der Waals surface area contributed by atoms with Gasteiger partial charge in [-0.05, 0) is 24.3 Å². The molecular formula is C19H16N2O4S. The second-order valence-electron chi connectivity index (χ2n) is 5.66. The number of aromatic nitrogens is 1. The summed E-state index contributed by atoms with van der Waals surface area (Å²) in [6.45, 7) is 0. The molecule has 0 radical (unpaired) electrons. The van der Waals surface area contributed by atoms with Crippen LogP contribution in [0.4, 0.5) is 0 Å². The highest BCUT2D eigenvalue weighted by Gasteiger charge is 2.15. The minimum Gasteiger partial charge on any atom is -0.495 e. The van der Waals surface area contributed by atoms with Gasteiger partial charge in [-0.15, -0.1) is 0 Å². The first-order chi connectivity index (χ1) is 12.6. The summed E-state index contributed by atoms with van der Waals surface area (Å²) in [6.07, 6.45) is 0. The molecule has 1 amide bonds. The lowest BCUT2D eigenvalue weighted by atomic mass is 10.2. The van der Waals surface area contributed by atoms with E-state index < -0.39 is 5.91 Å². The fourth-order valence-corrected chi connectivity index (χ4v) is 3.92. The summed E-state index contributed by atoms with van der Waals surface area (Å²) in [5.74, 6) is 1.06. The van der Waals surface area contributed by atoms with Crippen LogP contribution in [-0.2, 0) is 7.05 Å². The van der Waals surface area contributed by atoms with E-state index in [2.05, 4.69) is 4.99 Å². The number of carbonyl (C=O) groups excluding carboxylic acids is 1. The van der Waals surface area contributed by atoms with Crippen LogP contribution in [-0.4, -0.2) is 24.7 Å². The van der Waals surface area contributed by atoms with Crippen LogP contribution in [0.25, 0.3) is 21.2 Å². The Balaban J connectivity index is 1.83. The summed E-state index contributed by atoms with van der Waals surface area (Å²) in [6, 6.07) is 12.9. The zero-order valence-corrected chi connectivity index (χ0v) is 15.3. The molecule has 2 aromatic carbocycles. The van der Waals surface area contributed by atoms with Crippen molar-refractivity contribution in [3.05, 3.63) is 53.0 Å². The van der Waals surface area contributed by atoms with Crippen LogP contribution in [0.2, 0.25) is 0 Å². The molecule has 4 rings (SSSR count). The molecule has 0 spiro atoms. The Morgan fingerprint density at radius 1 is 1.12 bits per heavy atom. The Labute approximate surface area is 152 Å². The molecule has 0 aliphatic heterocycles. The monoisotopic (exact) mass is 368 g/mol. The maximum Gasteiger partial charge on any atom is 0.315 e. The lowest BCUT2D eigenvalue weighted by Gasteiger charge is -2.02. The second-order valence-corrected chi connectivity index (χ2v) is 6.67. The van der Waals surface area contributed by atoms with Crippen molar-refractivity contribution in [1.29, 1.82) is 0 Å². The normalized spacial score (nSPS) is 12.0. The molecule has 132 valence electrons. The van der Waals surface area contributed by atoms with Crippen LogP contribution in [0.1, 0.15) is 10.6 Å². The van der Waals surface area contributed by atoms with Crippen LogP contribution in [0.5, 0.6) is 11.5 Å². The summed E-state index contributed by atoms with van der Waals surface area (Å²) >= 11 is 1.42. The highest BCUT2D eigenvalue weighted by molar-refractivity contribution is 7.16. The lowest BCUT2D eigenvalue weighted by Crippen LogP contribution is -2.13. The third-order valence-electron chi connectivity index (χ3n) is 4.14. The minimum absolute atomic E-state index is 0.175. The number of fused-ring (bicyclic) bond motifs is 2.